The Morgan fingerprint density at radius 2 is 2.08 bits per heavy atom. The molecule has 132 valence electrons. The first-order chi connectivity index (χ1) is 12.2. The molecule has 0 bridgehead atoms. The zero-order valence-electron chi connectivity index (χ0n) is 14.4. The quantitative estimate of drug-likeness (QED) is 0.839. The molecule has 1 aromatic heterocycles. The van der Waals surface area contributed by atoms with Crippen molar-refractivity contribution in [1.29, 1.82) is 0 Å². The highest BCUT2D eigenvalue weighted by Gasteiger charge is 2.41. The van der Waals surface area contributed by atoms with Crippen LogP contribution < -0.4 is 0 Å². The summed E-state index contributed by atoms with van der Waals surface area (Å²) in [7, 11) is 0. The molecule has 0 aliphatic carbocycles. The molecule has 2 aliphatic heterocycles. The van der Waals surface area contributed by atoms with Crippen LogP contribution in [-0.2, 0) is 9.47 Å². The average molecular weight is 342 g/mol. The minimum absolute atomic E-state index is 0.100. The summed E-state index contributed by atoms with van der Waals surface area (Å²) in [6.07, 6.45) is 1.88. The summed E-state index contributed by atoms with van der Waals surface area (Å²) in [5.74, 6) is 0.923. The fourth-order valence-corrected chi connectivity index (χ4v) is 3.53. The Morgan fingerprint density at radius 1 is 1.24 bits per heavy atom. The van der Waals surface area contributed by atoms with Gasteiger partial charge in [0.25, 0.3) is 5.91 Å². The number of hydrogen-bond donors (Lipinski definition) is 0. The van der Waals surface area contributed by atoms with Gasteiger partial charge in [-0.05, 0) is 31.9 Å². The number of rotatable bonds is 2. The van der Waals surface area contributed by atoms with Crippen LogP contribution in [0.4, 0.5) is 0 Å². The van der Waals surface area contributed by atoms with Crippen LogP contribution in [0.15, 0.2) is 34.7 Å². The van der Waals surface area contributed by atoms with Gasteiger partial charge in [0.05, 0.1) is 19.8 Å². The van der Waals surface area contributed by atoms with Crippen molar-refractivity contribution in [2.75, 3.05) is 32.9 Å². The van der Waals surface area contributed by atoms with Gasteiger partial charge in [-0.3, -0.25) is 4.79 Å². The van der Waals surface area contributed by atoms with E-state index in [1.54, 1.807) is 6.92 Å². The Bertz CT molecular complexity index is 745. The van der Waals surface area contributed by atoms with E-state index in [1.165, 1.54) is 0 Å². The molecule has 6 heteroatoms. The summed E-state index contributed by atoms with van der Waals surface area (Å²) in [4.78, 5) is 19.3. The molecule has 1 spiro atoms. The molecule has 6 nitrogen and oxygen atoms in total. The molecule has 1 amide bonds. The van der Waals surface area contributed by atoms with Gasteiger partial charge in [0, 0.05) is 18.7 Å². The van der Waals surface area contributed by atoms with E-state index in [2.05, 4.69) is 4.98 Å². The second-order valence-electron chi connectivity index (χ2n) is 6.70. The maximum absolute atomic E-state index is 13.0. The lowest BCUT2D eigenvalue weighted by molar-refractivity contribution is -0.160. The van der Waals surface area contributed by atoms with Gasteiger partial charge in [-0.25, -0.2) is 4.98 Å². The van der Waals surface area contributed by atoms with E-state index in [4.69, 9.17) is 13.9 Å². The van der Waals surface area contributed by atoms with Gasteiger partial charge in [-0.1, -0.05) is 18.2 Å². The van der Waals surface area contributed by atoms with E-state index in [0.29, 0.717) is 43.6 Å². The third-order valence-electron chi connectivity index (χ3n) is 4.84. The Kier molecular flexibility index (Phi) is 4.31. The van der Waals surface area contributed by atoms with Crippen LogP contribution in [-0.4, -0.2) is 54.3 Å². The zero-order valence-corrected chi connectivity index (χ0v) is 14.4. The molecule has 2 fully saturated rings. The van der Waals surface area contributed by atoms with Crippen LogP contribution in [0.25, 0.3) is 11.5 Å². The van der Waals surface area contributed by atoms with Crippen molar-refractivity contribution >= 4 is 5.91 Å². The Balaban J connectivity index is 1.55. The highest BCUT2D eigenvalue weighted by Crippen LogP contribution is 2.29. The van der Waals surface area contributed by atoms with Crippen LogP contribution in [0.3, 0.4) is 0 Å². The van der Waals surface area contributed by atoms with E-state index in [-0.39, 0.29) is 11.5 Å². The molecule has 0 radical (unpaired) electrons. The lowest BCUT2D eigenvalue weighted by Gasteiger charge is -2.44. The number of hydrogen-bond acceptors (Lipinski definition) is 5. The summed E-state index contributed by atoms with van der Waals surface area (Å²) in [5, 5.41) is 0. The maximum atomic E-state index is 13.0. The number of benzene rings is 1. The lowest BCUT2D eigenvalue weighted by Crippen LogP contribution is -2.57. The van der Waals surface area contributed by atoms with Gasteiger partial charge >= 0.3 is 0 Å². The van der Waals surface area contributed by atoms with Gasteiger partial charge in [0.2, 0.25) is 5.89 Å². The number of carbonyl (C=O) groups excluding carboxylic acids is 1. The van der Waals surface area contributed by atoms with Crippen molar-refractivity contribution in [2.24, 2.45) is 0 Å². The second-order valence-corrected chi connectivity index (χ2v) is 6.70. The molecule has 3 heterocycles. The number of aromatic nitrogens is 1. The molecule has 2 aromatic rings. The Morgan fingerprint density at radius 3 is 2.84 bits per heavy atom. The largest absolute Gasteiger partial charge is 0.441 e. The predicted molar refractivity (Wildman–Crippen MR) is 91.3 cm³/mol. The standard InChI is InChI=1S/C19H22N2O4/c1-14-16(20-17(25-14)15-6-3-2-4-7-15)18(22)21-9-11-24-19(12-21)8-5-10-23-13-19/h2-4,6-7H,5,8-13H2,1H3. The van der Waals surface area contributed by atoms with E-state index in [1.807, 2.05) is 35.2 Å². The average Bonchev–Trinajstić information content (AvgIpc) is 3.04. The van der Waals surface area contributed by atoms with E-state index < -0.39 is 0 Å². The van der Waals surface area contributed by atoms with Crippen molar-refractivity contribution in [3.8, 4) is 11.5 Å². The van der Waals surface area contributed by atoms with Crippen LogP contribution in [0.5, 0.6) is 0 Å². The smallest absolute Gasteiger partial charge is 0.276 e. The molecule has 25 heavy (non-hydrogen) atoms. The third-order valence-corrected chi connectivity index (χ3v) is 4.84. The number of nitrogens with zero attached hydrogens (tertiary/aromatic N) is 2. The van der Waals surface area contributed by atoms with Crippen molar-refractivity contribution in [3.05, 3.63) is 41.8 Å². The summed E-state index contributed by atoms with van der Waals surface area (Å²) in [5.41, 5.74) is 0.878. The SMILES string of the molecule is Cc1oc(-c2ccccc2)nc1C(=O)N1CCOC2(CCCOC2)C1. The Labute approximate surface area is 146 Å². The van der Waals surface area contributed by atoms with Crippen molar-refractivity contribution < 1.29 is 18.7 Å². The summed E-state index contributed by atoms with van der Waals surface area (Å²) >= 11 is 0. The normalized spacial score (nSPS) is 23.8. The number of morpholine rings is 1. The summed E-state index contributed by atoms with van der Waals surface area (Å²) in [6.45, 7) is 4.72. The first kappa shape index (κ1) is 16.3. The molecule has 2 saturated heterocycles. The van der Waals surface area contributed by atoms with E-state index in [0.717, 1.165) is 25.0 Å². The third kappa shape index (κ3) is 3.19. The molecular formula is C19H22N2O4. The molecule has 1 atom stereocenters. The summed E-state index contributed by atoms with van der Waals surface area (Å²) < 4.78 is 17.3. The first-order valence-corrected chi connectivity index (χ1v) is 8.71. The first-order valence-electron chi connectivity index (χ1n) is 8.71. The molecule has 0 saturated carbocycles. The summed E-state index contributed by atoms with van der Waals surface area (Å²) in [6, 6.07) is 9.62. The fraction of sp³-hybridized carbons (Fsp3) is 0.474. The van der Waals surface area contributed by atoms with Crippen molar-refractivity contribution in [1.82, 2.24) is 9.88 Å². The lowest BCUT2D eigenvalue weighted by atomic mass is 9.94. The highest BCUT2D eigenvalue weighted by atomic mass is 16.5. The Hall–Kier alpha value is -2.18. The van der Waals surface area contributed by atoms with Gasteiger partial charge in [-0.2, -0.15) is 0 Å². The predicted octanol–water partition coefficient (Wildman–Crippen LogP) is 2.67. The van der Waals surface area contributed by atoms with Crippen molar-refractivity contribution in [3.63, 3.8) is 0 Å². The minimum atomic E-state index is -0.369. The minimum Gasteiger partial charge on any atom is -0.441 e. The number of amides is 1. The van der Waals surface area contributed by atoms with Crippen LogP contribution >= 0.6 is 0 Å². The maximum Gasteiger partial charge on any atom is 0.276 e. The zero-order chi connectivity index (χ0) is 17.3. The van der Waals surface area contributed by atoms with Crippen molar-refractivity contribution in [2.45, 2.75) is 25.4 Å². The fourth-order valence-electron chi connectivity index (χ4n) is 3.53. The topological polar surface area (TPSA) is 64.8 Å². The van der Waals surface area contributed by atoms with Gasteiger partial charge in [-0.15, -0.1) is 0 Å². The number of carbonyl (C=O) groups is 1. The molecular weight excluding hydrogens is 320 g/mol. The van der Waals surface area contributed by atoms with Gasteiger partial charge in [0.15, 0.2) is 5.69 Å². The van der Waals surface area contributed by atoms with Crippen LogP contribution in [0.1, 0.15) is 29.1 Å². The van der Waals surface area contributed by atoms with E-state index in [9.17, 15) is 4.79 Å². The molecule has 4 rings (SSSR count). The number of ether oxygens (including phenoxy) is 2. The van der Waals surface area contributed by atoms with Crippen LogP contribution in [0, 0.1) is 6.92 Å². The molecule has 1 unspecified atom stereocenters. The molecule has 0 N–H and O–H groups in total. The molecule has 1 aromatic carbocycles. The highest BCUT2D eigenvalue weighted by molar-refractivity contribution is 5.93. The molecule has 2 aliphatic rings. The number of aryl methyl sites for hydroxylation is 1. The van der Waals surface area contributed by atoms with E-state index >= 15 is 0 Å². The van der Waals surface area contributed by atoms with Gasteiger partial charge in [0.1, 0.15) is 11.4 Å². The number of oxazole rings is 1. The second kappa shape index (κ2) is 6.61. The monoisotopic (exact) mass is 342 g/mol. The van der Waals surface area contributed by atoms with Crippen LogP contribution in [0.2, 0.25) is 0 Å². The van der Waals surface area contributed by atoms with Gasteiger partial charge < -0.3 is 18.8 Å².